The number of halogens is 6. The van der Waals surface area contributed by atoms with Crippen LogP contribution in [-0.4, -0.2) is 18.6 Å². The van der Waals surface area contributed by atoms with E-state index in [2.05, 4.69) is 0 Å². The number of alkyl halides is 3. The van der Waals surface area contributed by atoms with Gasteiger partial charge in [-0.05, 0) is 12.1 Å². The van der Waals surface area contributed by atoms with Crippen molar-refractivity contribution in [3.63, 3.8) is 0 Å². The zero-order valence-electron chi connectivity index (χ0n) is 9.19. The molecule has 1 unspecified atom stereocenters. The van der Waals surface area contributed by atoms with Gasteiger partial charge in [-0.15, -0.1) is 0 Å². The average molecular weight is 336 g/mol. The number of hydrogen-bond acceptors (Lipinski definition) is 2. The molecule has 0 aromatic heterocycles. The third-order valence-corrected chi connectivity index (χ3v) is 2.91. The van der Waals surface area contributed by atoms with Crippen molar-refractivity contribution >= 4 is 40.6 Å². The summed E-state index contributed by atoms with van der Waals surface area (Å²) in [4.78, 5) is 0. The first-order chi connectivity index (χ1) is 8.62. The van der Waals surface area contributed by atoms with E-state index in [1.54, 1.807) is 0 Å². The van der Waals surface area contributed by atoms with Crippen LogP contribution in [0.25, 0.3) is 0 Å². The first-order valence-electron chi connectivity index (χ1n) is 4.81. The van der Waals surface area contributed by atoms with E-state index in [-0.39, 0.29) is 20.8 Å². The summed E-state index contributed by atoms with van der Waals surface area (Å²) < 4.78 is 42.6. The lowest BCUT2D eigenvalue weighted by molar-refractivity contribution is -0.162. The fourth-order valence-corrected chi connectivity index (χ4v) is 2.12. The zero-order chi connectivity index (χ0) is 14.8. The molecule has 0 saturated heterocycles. The first-order valence-corrected chi connectivity index (χ1v) is 5.94. The normalized spacial score (nSPS) is 13.2. The second-order valence-electron chi connectivity index (χ2n) is 3.56. The Balaban J connectivity index is 2.90. The van der Waals surface area contributed by atoms with Crippen molar-refractivity contribution in [2.24, 2.45) is 11.7 Å². The number of nitrogens with one attached hydrogen (secondary N) is 1. The maximum Gasteiger partial charge on any atom is 0.401 e. The quantitative estimate of drug-likeness (QED) is 0.642. The molecule has 0 aliphatic rings. The van der Waals surface area contributed by atoms with E-state index in [4.69, 9.17) is 50.7 Å². The molecule has 9 heteroatoms. The Morgan fingerprint density at radius 3 is 2.11 bits per heavy atom. The van der Waals surface area contributed by atoms with Gasteiger partial charge in [-0.3, -0.25) is 5.41 Å². The van der Waals surface area contributed by atoms with E-state index >= 15 is 0 Å². The van der Waals surface area contributed by atoms with Gasteiger partial charge in [0.25, 0.3) is 0 Å². The van der Waals surface area contributed by atoms with Crippen LogP contribution in [0.4, 0.5) is 13.2 Å². The monoisotopic (exact) mass is 334 g/mol. The largest absolute Gasteiger partial charge is 0.489 e. The Labute approximate surface area is 121 Å². The number of nitrogens with two attached hydrogens (primary N) is 1. The Morgan fingerprint density at radius 1 is 1.26 bits per heavy atom. The van der Waals surface area contributed by atoms with E-state index in [9.17, 15) is 13.2 Å². The standard InChI is InChI=1S/C10H8Cl3F3N2O/c11-4-1-6(12)8(7(13)2-4)19-3-5(9(17)18)10(14,15)16/h1-2,5H,3H2,(H3,17,18). The van der Waals surface area contributed by atoms with Gasteiger partial charge in [0.15, 0.2) is 5.75 Å². The van der Waals surface area contributed by atoms with E-state index in [1.165, 1.54) is 12.1 Å². The maximum atomic E-state index is 12.6. The van der Waals surface area contributed by atoms with Gasteiger partial charge in [0.05, 0.1) is 10.0 Å². The van der Waals surface area contributed by atoms with Crippen LogP contribution in [0.15, 0.2) is 12.1 Å². The fraction of sp³-hybridized carbons (Fsp3) is 0.300. The minimum Gasteiger partial charge on any atom is -0.489 e. The van der Waals surface area contributed by atoms with Crippen LogP contribution in [0, 0.1) is 11.3 Å². The molecule has 0 radical (unpaired) electrons. The molecule has 1 rings (SSSR count). The second kappa shape index (κ2) is 6.07. The van der Waals surface area contributed by atoms with Crippen molar-refractivity contribution in [1.29, 1.82) is 5.41 Å². The molecule has 1 aromatic carbocycles. The summed E-state index contributed by atoms with van der Waals surface area (Å²) in [6, 6.07) is 2.56. The SMILES string of the molecule is N=C(N)C(COc1c(Cl)cc(Cl)cc1Cl)C(F)(F)F. The molecule has 3 N–H and O–H groups in total. The molecule has 0 heterocycles. The van der Waals surface area contributed by atoms with Crippen LogP contribution < -0.4 is 10.5 Å². The van der Waals surface area contributed by atoms with Gasteiger partial charge in [-0.25, -0.2) is 0 Å². The number of amidine groups is 1. The highest BCUT2D eigenvalue weighted by atomic mass is 35.5. The van der Waals surface area contributed by atoms with Crippen molar-refractivity contribution in [2.75, 3.05) is 6.61 Å². The molecule has 0 fully saturated rings. The van der Waals surface area contributed by atoms with Crippen LogP contribution >= 0.6 is 34.8 Å². The maximum absolute atomic E-state index is 12.6. The fourth-order valence-electron chi connectivity index (χ4n) is 1.19. The second-order valence-corrected chi connectivity index (χ2v) is 4.81. The predicted molar refractivity (Wildman–Crippen MR) is 68.4 cm³/mol. The van der Waals surface area contributed by atoms with Gasteiger partial charge in [-0.1, -0.05) is 34.8 Å². The molecule has 0 aliphatic heterocycles. The van der Waals surface area contributed by atoms with Crippen molar-refractivity contribution in [1.82, 2.24) is 0 Å². The Kier molecular flexibility index (Phi) is 5.18. The average Bonchev–Trinajstić information content (AvgIpc) is 2.18. The summed E-state index contributed by atoms with van der Waals surface area (Å²) >= 11 is 17.2. The zero-order valence-corrected chi connectivity index (χ0v) is 11.5. The summed E-state index contributed by atoms with van der Waals surface area (Å²) in [6.07, 6.45) is -4.68. The molecule has 1 atom stereocenters. The summed E-state index contributed by atoms with van der Waals surface area (Å²) in [5.41, 5.74) is 4.88. The summed E-state index contributed by atoms with van der Waals surface area (Å²) in [7, 11) is 0. The Bertz CT molecular complexity index is 470. The minimum absolute atomic E-state index is 0.0259. The van der Waals surface area contributed by atoms with Crippen LogP contribution in [0.3, 0.4) is 0 Å². The number of rotatable bonds is 4. The van der Waals surface area contributed by atoms with Gasteiger partial charge in [0.1, 0.15) is 18.4 Å². The molecule has 106 valence electrons. The van der Waals surface area contributed by atoms with E-state index in [0.717, 1.165) is 0 Å². The lowest BCUT2D eigenvalue weighted by Crippen LogP contribution is -2.39. The first kappa shape index (κ1) is 16.2. The number of benzene rings is 1. The van der Waals surface area contributed by atoms with Crippen molar-refractivity contribution in [2.45, 2.75) is 6.18 Å². The summed E-state index contributed by atoms with van der Waals surface area (Å²) in [6.45, 7) is -0.889. The van der Waals surface area contributed by atoms with Gasteiger partial charge < -0.3 is 10.5 Å². The molecular weight excluding hydrogens is 327 g/mol. The molecule has 0 aliphatic carbocycles. The van der Waals surface area contributed by atoms with Crippen LogP contribution in [0.5, 0.6) is 5.75 Å². The highest BCUT2D eigenvalue weighted by molar-refractivity contribution is 6.40. The van der Waals surface area contributed by atoms with Crippen molar-refractivity contribution in [3.8, 4) is 5.75 Å². The number of ether oxygens (including phenoxy) is 1. The third kappa shape index (κ3) is 4.33. The molecule has 1 aromatic rings. The van der Waals surface area contributed by atoms with E-state index in [0.29, 0.717) is 0 Å². The lowest BCUT2D eigenvalue weighted by Gasteiger charge is -2.20. The Morgan fingerprint density at radius 2 is 1.74 bits per heavy atom. The predicted octanol–water partition coefficient (Wildman–Crippen LogP) is 4.14. The van der Waals surface area contributed by atoms with Crippen LogP contribution in [0.1, 0.15) is 0 Å². The van der Waals surface area contributed by atoms with Crippen molar-refractivity contribution < 1.29 is 17.9 Å². The van der Waals surface area contributed by atoms with Gasteiger partial charge in [0, 0.05) is 5.02 Å². The highest BCUT2D eigenvalue weighted by Gasteiger charge is 2.42. The third-order valence-electron chi connectivity index (χ3n) is 2.13. The summed E-state index contributed by atoms with van der Waals surface area (Å²) in [5, 5.41) is 7.08. The van der Waals surface area contributed by atoms with Crippen LogP contribution in [-0.2, 0) is 0 Å². The molecule has 19 heavy (non-hydrogen) atoms. The summed E-state index contributed by atoms with van der Waals surface area (Å²) in [5.74, 6) is -3.41. The lowest BCUT2D eigenvalue weighted by atomic mass is 10.1. The molecule has 0 amide bonds. The molecule has 0 bridgehead atoms. The van der Waals surface area contributed by atoms with Crippen LogP contribution in [0.2, 0.25) is 15.1 Å². The molecular formula is C10H8Cl3F3N2O. The van der Waals surface area contributed by atoms with Crippen molar-refractivity contribution in [3.05, 3.63) is 27.2 Å². The molecule has 0 saturated carbocycles. The van der Waals surface area contributed by atoms with E-state index < -0.39 is 24.5 Å². The van der Waals surface area contributed by atoms with E-state index in [1.807, 2.05) is 0 Å². The molecule has 3 nitrogen and oxygen atoms in total. The van der Waals surface area contributed by atoms with Gasteiger partial charge in [-0.2, -0.15) is 13.2 Å². The smallest absolute Gasteiger partial charge is 0.401 e. The topological polar surface area (TPSA) is 59.1 Å². The number of hydrogen-bond donors (Lipinski definition) is 2. The highest BCUT2D eigenvalue weighted by Crippen LogP contribution is 2.37. The molecule has 0 spiro atoms. The minimum atomic E-state index is -4.68. The van der Waals surface area contributed by atoms with Gasteiger partial charge >= 0.3 is 6.18 Å². The Hall–Kier alpha value is -0.850. The van der Waals surface area contributed by atoms with Gasteiger partial charge in [0.2, 0.25) is 0 Å².